The van der Waals surface area contributed by atoms with E-state index >= 15 is 0 Å². The molecule has 0 aliphatic carbocycles. The van der Waals surface area contributed by atoms with Crippen LogP contribution in [0.4, 0.5) is 5.69 Å². The zero-order valence-corrected chi connectivity index (χ0v) is 18.3. The molecular formula is C23H32N4OS. The third kappa shape index (κ3) is 7.07. The molecular weight excluding hydrogens is 380 g/mol. The van der Waals surface area contributed by atoms with E-state index in [1.807, 2.05) is 12.4 Å². The standard InChI is InChI=1S/C23H32N4OS/c1-19(2)21-4-6-22(7-5-21)25-23(29)27(18-20-8-10-24-11-9-20)13-3-12-26-14-16-28-17-15-26/h4-11,19H,3,12-18H2,1-2H3,(H,25,29). The van der Waals surface area contributed by atoms with Gasteiger partial charge in [0.2, 0.25) is 0 Å². The summed E-state index contributed by atoms with van der Waals surface area (Å²) in [6.45, 7) is 10.9. The summed E-state index contributed by atoms with van der Waals surface area (Å²) < 4.78 is 5.45. The molecule has 1 aromatic heterocycles. The Balaban J connectivity index is 1.60. The van der Waals surface area contributed by atoms with Gasteiger partial charge in [0.15, 0.2) is 5.11 Å². The van der Waals surface area contributed by atoms with E-state index in [-0.39, 0.29) is 0 Å². The molecule has 0 unspecified atom stereocenters. The molecule has 29 heavy (non-hydrogen) atoms. The largest absolute Gasteiger partial charge is 0.379 e. The fraction of sp³-hybridized carbons (Fsp3) is 0.478. The minimum Gasteiger partial charge on any atom is -0.379 e. The van der Waals surface area contributed by atoms with Crippen molar-refractivity contribution >= 4 is 23.0 Å². The maximum Gasteiger partial charge on any atom is 0.173 e. The molecule has 1 aliphatic rings. The topological polar surface area (TPSA) is 40.6 Å². The van der Waals surface area contributed by atoms with Gasteiger partial charge in [0.25, 0.3) is 0 Å². The third-order valence-electron chi connectivity index (χ3n) is 5.24. The lowest BCUT2D eigenvalue weighted by Crippen LogP contribution is -2.40. The molecule has 1 aliphatic heterocycles. The van der Waals surface area contributed by atoms with Crippen molar-refractivity contribution in [2.75, 3.05) is 44.7 Å². The van der Waals surface area contributed by atoms with Crippen molar-refractivity contribution in [1.82, 2.24) is 14.8 Å². The summed E-state index contributed by atoms with van der Waals surface area (Å²) in [5.74, 6) is 0.527. The Morgan fingerprint density at radius 1 is 1.14 bits per heavy atom. The Bertz CT molecular complexity index is 745. The van der Waals surface area contributed by atoms with Gasteiger partial charge in [-0.25, -0.2) is 0 Å². The molecule has 1 aromatic carbocycles. The lowest BCUT2D eigenvalue weighted by atomic mass is 10.0. The number of anilines is 1. The second kappa shape index (κ2) is 11.2. The minimum atomic E-state index is 0.527. The maximum absolute atomic E-state index is 5.78. The second-order valence-corrected chi connectivity index (χ2v) is 8.18. The zero-order valence-electron chi connectivity index (χ0n) is 17.5. The monoisotopic (exact) mass is 412 g/mol. The van der Waals surface area contributed by atoms with E-state index in [0.29, 0.717) is 5.92 Å². The molecule has 1 N–H and O–H groups in total. The molecule has 0 spiro atoms. The lowest BCUT2D eigenvalue weighted by molar-refractivity contribution is 0.0368. The number of hydrogen-bond acceptors (Lipinski definition) is 4. The Morgan fingerprint density at radius 2 is 1.83 bits per heavy atom. The summed E-state index contributed by atoms with van der Waals surface area (Å²) in [6, 6.07) is 12.7. The fourth-order valence-corrected chi connectivity index (χ4v) is 3.70. The first-order valence-electron chi connectivity index (χ1n) is 10.5. The van der Waals surface area contributed by atoms with Gasteiger partial charge in [0.05, 0.1) is 13.2 Å². The number of nitrogens with zero attached hydrogens (tertiary/aromatic N) is 3. The van der Waals surface area contributed by atoms with E-state index in [9.17, 15) is 0 Å². The summed E-state index contributed by atoms with van der Waals surface area (Å²) in [5, 5.41) is 4.19. The Labute approximate surface area is 180 Å². The molecule has 0 amide bonds. The summed E-state index contributed by atoms with van der Waals surface area (Å²) in [5.41, 5.74) is 3.58. The second-order valence-electron chi connectivity index (χ2n) is 7.79. The molecule has 0 bridgehead atoms. The van der Waals surface area contributed by atoms with Crippen molar-refractivity contribution in [3.8, 4) is 0 Å². The molecule has 0 radical (unpaired) electrons. The van der Waals surface area contributed by atoms with Crippen LogP contribution < -0.4 is 5.32 Å². The van der Waals surface area contributed by atoms with Gasteiger partial charge in [0.1, 0.15) is 0 Å². The van der Waals surface area contributed by atoms with Crippen molar-refractivity contribution in [1.29, 1.82) is 0 Å². The summed E-state index contributed by atoms with van der Waals surface area (Å²) in [6.07, 6.45) is 4.74. The highest BCUT2D eigenvalue weighted by atomic mass is 32.1. The summed E-state index contributed by atoms with van der Waals surface area (Å²) in [4.78, 5) is 8.84. The maximum atomic E-state index is 5.78. The number of nitrogens with one attached hydrogen (secondary N) is 1. The smallest absolute Gasteiger partial charge is 0.173 e. The van der Waals surface area contributed by atoms with E-state index < -0.39 is 0 Å². The highest BCUT2D eigenvalue weighted by Gasteiger charge is 2.14. The predicted octanol–water partition coefficient (Wildman–Crippen LogP) is 4.13. The van der Waals surface area contributed by atoms with E-state index in [4.69, 9.17) is 17.0 Å². The lowest BCUT2D eigenvalue weighted by Gasteiger charge is -2.29. The molecule has 2 heterocycles. The number of aromatic nitrogens is 1. The van der Waals surface area contributed by atoms with Crippen LogP contribution in [0.1, 0.15) is 37.3 Å². The number of thiocarbonyl (C=S) groups is 1. The van der Waals surface area contributed by atoms with Crippen LogP contribution in [0.5, 0.6) is 0 Å². The average molecular weight is 413 g/mol. The number of morpholine rings is 1. The molecule has 156 valence electrons. The quantitative estimate of drug-likeness (QED) is 0.658. The number of hydrogen-bond donors (Lipinski definition) is 1. The summed E-state index contributed by atoms with van der Waals surface area (Å²) >= 11 is 5.78. The predicted molar refractivity (Wildman–Crippen MR) is 123 cm³/mol. The van der Waals surface area contributed by atoms with E-state index in [2.05, 4.69) is 70.3 Å². The molecule has 3 rings (SSSR count). The minimum absolute atomic E-state index is 0.527. The van der Waals surface area contributed by atoms with Gasteiger partial charge in [-0.2, -0.15) is 0 Å². The third-order valence-corrected chi connectivity index (χ3v) is 5.60. The normalized spacial score (nSPS) is 14.7. The Kier molecular flexibility index (Phi) is 8.40. The van der Waals surface area contributed by atoms with Crippen LogP contribution in [-0.2, 0) is 11.3 Å². The van der Waals surface area contributed by atoms with Gasteiger partial charge in [-0.1, -0.05) is 26.0 Å². The zero-order chi connectivity index (χ0) is 20.5. The molecule has 6 heteroatoms. The first kappa shape index (κ1) is 21.7. The van der Waals surface area contributed by atoms with Crippen LogP contribution in [-0.4, -0.2) is 59.3 Å². The van der Waals surface area contributed by atoms with Crippen LogP contribution >= 0.6 is 12.2 Å². The Hall–Kier alpha value is -2.02. The highest BCUT2D eigenvalue weighted by Crippen LogP contribution is 2.18. The van der Waals surface area contributed by atoms with Crippen LogP contribution in [0.2, 0.25) is 0 Å². The van der Waals surface area contributed by atoms with Gasteiger partial charge in [-0.05, 0) is 59.9 Å². The Morgan fingerprint density at radius 3 is 2.48 bits per heavy atom. The van der Waals surface area contributed by atoms with Gasteiger partial charge < -0.3 is 15.0 Å². The van der Waals surface area contributed by atoms with Crippen molar-refractivity contribution in [3.63, 3.8) is 0 Å². The number of ether oxygens (including phenoxy) is 1. The average Bonchev–Trinajstić information content (AvgIpc) is 2.75. The SMILES string of the molecule is CC(C)c1ccc(NC(=S)N(CCCN2CCOCC2)Cc2ccncc2)cc1. The van der Waals surface area contributed by atoms with Crippen LogP contribution in [0.15, 0.2) is 48.8 Å². The van der Waals surface area contributed by atoms with Gasteiger partial charge in [-0.3, -0.25) is 9.88 Å². The van der Waals surface area contributed by atoms with Crippen LogP contribution in [0.3, 0.4) is 0 Å². The van der Waals surface area contributed by atoms with Gasteiger partial charge in [0, 0.05) is 50.8 Å². The van der Waals surface area contributed by atoms with Gasteiger partial charge in [-0.15, -0.1) is 0 Å². The van der Waals surface area contributed by atoms with Crippen LogP contribution in [0, 0.1) is 0 Å². The fourth-order valence-electron chi connectivity index (χ4n) is 3.42. The molecule has 1 fully saturated rings. The van der Waals surface area contributed by atoms with Gasteiger partial charge >= 0.3 is 0 Å². The molecule has 2 aromatic rings. The highest BCUT2D eigenvalue weighted by molar-refractivity contribution is 7.80. The number of benzene rings is 1. The molecule has 0 atom stereocenters. The summed E-state index contributed by atoms with van der Waals surface area (Å²) in [7, 11) is 0. The molecule has 1 saturated heterocycles. The van der Waals surface area contributed by atoms with Crippen molar-refractivity contribution in [2.45, 2.75) is 32.7 Å². The van der Waals surface area contributed by atoms with Crippen molar-refractivity contribution in [2.24, 2.45) is 0 Å². The molecule has 0 saturated carbocycles. The van der Waals surface area contributed by atoms with Crippen molar-refractivity contribution < 1.29 is 4.74 Å². The number of pyridine rings is 1. The number of rotatable bonds is 8. The van der Waals surface area contributed by atoms with E-state index in [0.717, 1.165) is 63.2 Å². The first-order chi connectivity index (χ1) is 14.1. The molecule has 5 nitrogen and oxygen atoms in total. The van der Waals surface area contributed by atoms with Crippen molar-refractivity contribution in [3.05, 3.63) is 59.9 Å². The van der Waals surface area contributed by atoms with E-state index in [1.54, 1.807) is 0 Å². The first-order valence-corrected chi connectivity index (χ1v) is 10.9. The van der Waals surface area contributed by atoms with E-state index in [1.165, 1.54) is 11.1 Å². The van der Waals surface area contributed by atoms with Crippen LogP contribution in [0.25, 0.3) is 0 Å².